The fourth-order valence-electron chi connectivity index (χ4n) is 2.31. The van der Waals surface area contributed by atoms with Crippen LogP contribution in [0.4, 0.5) is 0 Å². The molecule has 0 atom stereocenters. The molecular formula is C13H25N3S. The molecule has 0 aromatic carbocycles. The second-order valence-corrected chi connectivity index (χ2v) is 5.15. The molecule has 0 saturated heterocycles. The third-order valence-corrected chi connectivity index (χ3v) is 3.35. The number of thiocarbonyl (C=S) groups is 1. The molecule has 3 nitrogen and oxygen atoms in total. The topological polar surface area (TPSA) is 50.1 Å². The van der Waals surface area contributed by atoms with Gasteiger partial charge in [0, 0.05) is 5.70 Å². The maximum absolute atomic E-state index is 5.41. The molecule has 0 unspecified atom stereocenters. The molecule has 98 valence electrons. The highest BCUT2D eigenvalue weighted by Crippen LogP contribution is 2.27. The largest absolute Gasteiger partial charge is 0.375 e. The van der Waals surface area contributed by atoms with Crippen LogP contribution >= 0.6 is 12.2 Å². The summed E-state index contributed by atoms with van der Waals surface area (Å²) >= 11 is 4.79. The Hall–Kier alpha value is -0.770. The number of hydrazine groups is 1. The minimum Gasteiger partial charge on any atom is -0.375 e. The molecule has 17 heavy (non-hydrogen) atoms. The summed E-state index contributed by atoms with van der Waals surface area (Å²) in [4.78, 5) is 0. The lowest BCUT2D eigenvalue weighted by Crippen LogP contribution is -2.40. The number of hydrogen-bond acceptors (Lipinski definition) is 2. The summed E-state index contributed by atoms with van der Waals surface area (Å²) < 4.78 is 0. The Morgan fingerprint density at radius 2 is 2.00 bits per heavy atom. The van der Waals surface area contributed by atoms with Crippen molar-refractivity contribution in [3.05, 3.63) is 11.3 Å². The van der Waals surface area contributed by atoms with E-state index in [9.17, 15) is 0 Å². The first kappa shape index (κ1) is 14.3. The van der Waals surface area contributed by atoms with Crippen molar-refractivity contribution in [1.29, 1.82) is 0 Å². The van der Waals surface area contributed by atoms with E-state index in [2.05, 4.69) is 17.8 Å². The van der Waals surface area contributed by atoms with Crippen LogP contribution in [0.15, 0.2) is 11.3 Å². The average molecular weight is 255 g/mol. The third kappa shape index (κ3) is 5.91. The lowest BCUT2D eigenvalue weighted by molar-refractivity contribution is 0.623. The van der Waals surface area contributed by atoms with E-state index in [1.807, 2.05) is 0 Å². The summed E-state index contributed by atoms with van der Waals surface area (Å²) in [5, 5.41) is 0.312. The summed E-state index contributed by atoms with van der Waals surface area (Å²) in [6.45, 7) is 2.25. The molecular weight excluding hydrogens is 230 g/mol. The number of nitrogens with two attached hydrogens (primary N) is 1. The van der Waals surface area contributed by atoms with Crippen molar-refractivity contribution in [2.75, 3.05) is 0 Å². The predicted molar refractivity (Wildman–Crippen MR) is 77.3 cm³/mol. The molecule has 4 heteroatoms. The van der Waals surface area contributed by atoms with Gasteiger partial charge in [0.2, 0.25) is 0 Å². The van der Waals surface area contributed by atoms with Crippen molar-refractivity contribution in [3.63, 3.8) is 0 Å². The standard InChI is InChI=1S/C13H25N3S/c1-2-3-4-5-6-8-11-9-7-10-12(11)15-16-13(14)17/h15H,2-10H2,1H3,(H3,14,16,17). The Kier molecular flexibility index (Phi) is 7.01. The Balaban J connectivity index is 2.23. The van der Waals surface area contributed by atoms with Crippen molar-refractivity contribution >= 4 is 17.3 Å². The highest BCUT2D eigenvalue weighted by Gasteiger charge is 2.13. The van der Waals surface area contributed by atoms with Gasteiger partial charge in [0.15, 0.2) is 5.11 Å². The van der Waals surface area contributed by atoms with E-state index >= 15 is 0 Å². The molecule has 0 bridgehead atoms. The van der Waals surface area contributed by atoms with Crippen molar-refractivity contribution in [3.8, 4) is 0 Å². The van der Waals surface area contributed by atoms with Gasteiger partial charge in [0.05, 0.1) is 0 Å². The van der Waals surface area contributed by atoms with Gasteiger partial charge in [0.1, 0.15) is 0 Å². The molecule has 0 aromatic heterocycles. The SMILES string of the molecule is CCCCCCCC1=C(NNC(N)=S)CCC1. The fourth-order valence-corrected chi connectivity index (χ4v) is 2.36. The molecule has 4 N–H and O–H groups in total. The highest BCUT2D eigenvalue weighted by atomic mass is 32.1. The van der Waals surface area contributed by atoms with Gasteiger partial charge in [-0.2, -0.15) is 0 Å². The molecule has 0 heterocycles. The quantitative estimate of drug-likeness (QED) is 0.354. The molecule has 0 aliphatic heterocycles. The number of unbranched alkanes of at least 4 members (excludes halogenated alkanes) is 4. The van der Waals surface area contributed by atoms with Gasteiger partial charge >= 0.3 is 0 Å². The van der Waals surface area contributed by atoms with E-state index in [1.165, 1.54) is 57.1 Å². The van der Waals surface area contributed by atoms with E-state index in [-0.39, 0.29) is 0 Å². The van der Waals surface area contributed by atoms with E-state index in [0.717, 1.165) is 6.42 Å². The molecule has 0 amide bonds. The molecule has 0 fully saturated rings. The molecule has 1 rings (SSSR count). The highest BCUT2D eigenvalue weighted by molar-refractivity contribution is 7.80. The van der Waals surface area contributed by atoms with E-state index in [0.29, 0.717) is 5.11 Å². The van der Waals surface area contributed by atoms with Crippen LogP contribution in [-0.4, -0.2) is 5.11 Å². The summed E-state index contributed by atoms with van der Waals surface area (Å²) in [5.41, 5.74) is 14.3. The van der Waals surface area contributed by atoms with Gasteiger partial charge in [0.25, 0.3) is 0 Å². The second-order valence-electron chi connectivity index (χ2n) is 4.71. The zero-order valence-corrected chi connectivity index (χ0v) is 11.7. The molecule has 0 spiro atoms. The van der Waals surface area contributed by atoms with Gasteiger partial charge < -0.3 is 11.2 Å². The molecule has 1 aliphatic carbocycles. The summed E-state index contributed by atoms with van der Waals surface area (Å²) in [6, 6.07) is 0. The van der Waals surface area contributed by atoms with Crippen LogP contribution in [-0.2, 0) is 0 Å². The monoisotopic (exact) mass is 255 g/mol. The summed E-state index contributed by atoms with van der Waals surface area (Å²) in [7, 11) is 0. The van der Waals surface area contributed by atoms with Crippen molar-refractivity contribution < 1.29 is 0 Å². The predicted octanol–water partition coefficient (Wildman–Crippen LogP) is 3.12. The van der Waals surface area contributed by atoms with Gasteiger partial charge in [-0.1, -0.05) is 32.6 Å². The van der Waals surface area contributed by atoms with Crippen molar-refractivity contribution in [1.82, 2.24) is 10.9 Å². The van der Waals surface area contributed by atoms with Gasteiger partial charge in [-0.3, -0.25) is 5.43 Å². The van der Waals surface area contributed by atoms with Crippen LogP contribution in [0, 0.1) is 0 Å². The lowest BCUT2D eigenvalue weighted by atomic mass is 10.0. The van der Waals surface area contributed by atoms with Crippen LogP contribution in [0.2, 0.25) is 0 Å². The fraction of sp³-hybridized carbons (Fsp3) is 0.769. The molecule has 0 aromatic rings. The zero-order valence-electron chi connectivity index (χ0n) is 10.8. The van der Waals surface area contributed by atoms with E-state index in [1.54, 1.807) is 5.57 Å². The van der Waals surface area contributed by atoms with Gasteiger partial charge in [-0.05, 0) is 49.9 Å². The molecule has 0 saturated carbocycles. The lowest BCUT2D eigenvalue weighted by Gasteiger charge is -2.11. The van der Waals surface area contributed by atoms with Gasteiger partial charge in [-0.25, -0.2) is 0 Å². The number of hydrogen-bond donors (Lipinski definition) is 3. The number of rotatable bonds is 8. The second kappa shape index (κ2) is 8.34. The van der Waals surface area contributed by atoms with Crippen molar-refractivity contribution in [2.45, 2.75) is 64.7 Å². The van der Waals surface area contributed by atoms with Crippen LogP contribution in [0.5, 0.6) is 0 Å². The third-order valence-electron chi connectivity index (χ3n) is 3.25. The summed E-state index contributed by atoms with van der Waals surface area (Å²) in [6.07, 6.45) is 11.6. The Bertz CT molecular complexity index is 274. The first-order valence-corrected chi connectivity index (χ1v) is 7.17. The van der Waals surface area contributed by atoms with Crippen LogP contribution < -0.4 is 16.6 Å². The van der Waals surface area contributed by atoms with E-state index in [4.69, 9.17) is 18.0 Å². The van der Waals surface area contributed by atoms with Crippen LogP contribution in [0.3, 0.4) is 0 Å². The molecule has 1 aliphatic rings. The first-order valence-electron chi connectivity index (χ1n) is 6.76. The maximum atomic E-state index is 5.41. The maximum Gasteiger partial charge on any atom is 0.182 e. The van der Waals surface area contributed by atoms with Crippen LogP contribution in [0.25, 0.3) is 0 Å². The van der Waals surface area contributed by atoms with E-state index < -0.39 is 0 Å². The number of nitrogens with one attached hydrogen (secondary N) is 2. The minimum atomic E-state index is 0.312. The summed E-state index contributed by atoms with van der Waals surface area (Å²) in [5.74, 6) is 0. The van der Waals surface area contributed by atoms with Crippen molar-refractivity contribution in [2.24, 2.45) is 5.73 Å². The Morgan fingerprint density at radius 1 is 1.24 bits per heavy atom. The Morgan fingerprint density at radius 3 is 2.71 bits per heavy atom. The minimum absolute atomic E-state index is 0.312. The average Bonchev–Trinajstić information content (AvgIpc) is 2.73. The Labute approximate surface area is 110 Å². The number of allylic oxidation sites excluding steroid dienone is 2. The van der Waals surface area contributed by atoms with Crippen LogP contribution in [0.1, 0.15) is 64.7 Å². The first-order chi connectivity index (χ1) is 8.24. The smallest absolute Gasteiger partial charge is 0.182 e. The molecule has 0 radical (unpaired) electrons. The van der Waals surface area contributed by atoms with Gasteiger partial charge in [-0.15, -0.1) is 0 Å². The zero-order chi connectivity index (χ0) is 12.5. The normalized spacial score (nSPS) is 15.1.